The molecule has 160 valence electrons. The monoisotopic (exact) mass is 384 g/mol. The van der Waals surface area contributed by atoms with Gasteiger partial charge in [-0.2, -0.15) is 0 Å². The van der Waals surface area contributed by atoms with Gasteiger partial charge >= 0.3 is 0 Å². The van der Waals surface area contributed by atoms with E-state index in [4.69, 9.17) is 0 Å². The predicted molar refractivity (Wildman–Crippen MR) is 120 cm³/mol. The van der Waals surface area contributed by atoms with E-state index < -0.39 is 0 Å². The van der Waals surface area contributed by atoms with Crippen LogP contribution in [0.1, 0.15) is 112 Å². The average molecular weight is 385 g/mol. The van der Waals surface area contributed by atoms with Crippen molar-refractivity contribution in [1.29, 1.82) is 0 Å². The Labute approximate surface area is 176 Å². The summed E-state index contributed by atoms with van der Waals surface area (Å²) in [5.41, 5.74) is 1.40. The van der Waals surface area contributed by atoms with E-state index in [2.05, 4.69) is 34.6 Å². The van der Waals surface area contributed by atoms with E-state index in [9.17, 15) is 0 Å². The summed E-state index contributed by atoms with van der Waals surface area (Å²) in [5.74, 6) is 9.50. The molecule has 0 heteroatoms. The SMILES string of the molecule is CC(C)CCC[C@H](C)[C@H]1CC[C@H]2[C@@H]3CC[C@H]4C[C@H]5C[C@H]5C[C@]4(C)[C@H]3CC[C@]12C. The average Bonchev–Trinajstić information content (AvgIpc) is 3.27. The van der Waals surface area contributed by atoms with E-state index in [0.29, 0.717) is 5.41 Å². The smallest absolute Gasteiger partial charge is 0.0264 e. The minimum atomic E-state index is 0.679. The fourth-order valence-corrected chi connectivity index (χ4v) is 10.0. The number of hydrogen-bond acceptors (Lipinski definition) is 0. The summed E-state index contributed by atoms with van der Waals surface area (Å²) in [6, 6.07) is 0. The quantitative estimate of drug-likeness (QED) is 0.446. The highest BCUT2D eigenvalue weighted by Crippen LogP contribution is 2.71. The third-order valence-corrected chi connectivity index (χ3v) is 11.6. The molecule has 0 heterocycles. The summed E-state index contributed by atoms with van der Waals surface area (Å²) in [5, 5.41) is 0. The largest absolute Gasteiger partial charge is 0.0628 e. The molecule has 10 atom stereocenters. The number of rotatable bonds is 5. The highest BCUT2D eigenvalue weighted by molar-refractivity contribution is 5.12. The Morgan fingerprint density at radius 2 is 1.57 bits per heavy atom. The Hall–Kier alpha value is 0. The first-order valence-corrected chi connectivity index (χ1v) is 13.3. The molecular weight excluding hydrogens is 336 g/mol. The molecule has 5 fully saturated rings. The Morgan fingerprint density at radius 1 is 0.786 bits per heavy atom. The van der Waals surface area contributed by atoms with Crippen molar-refractivity contribution in [2.45, 2.75) is 112 Å². The summed E-state index contributed by atoms with van der Waals surface area (Å²) in [6.45, 7) is 12.9. The van der Waals surface area contributed by atoms with E-state index in [1.807, 2.05) is 0 Å². The van der Waals surface area contributed by atoms with E-state index in [1.165, 1.54) is 19.3 Å². The maximum atomic E-state index is 2.77. The van der Waals surface area contributed by atoms with Gasteiger partial charge in [-0.05, 0) is 122 Å². The van der Waals surface area contributed by atoms with Crippen LogP contribution in [0.2, 0.25) is 0 Å². The second-order valence-electron chi connectivity index (χ2n) is 13.4. The first kappa shape index (κ1) is 19.9. The Morgan fingerprint density at radius 3 is 2.36 bits per heavy atom. The fraction of sp³-hybridized carbons (Fsp3) is 1.00. The highest BCUT2D eigenvalue weighted by Gasteiger charge is 2.63. The van der Waals surface area contributed by atoms with Gasteiger partial charge in [0.2, 0.25) is 0 Å². The van der Waals surface area contributed by atoms with Crippen molar-refractivity contribution in [2.75, 3.05) is 0 Å². The number of hydrogen-bond donors (Lipinski definition) is 0. The van der Waals surface area contributed by atoms with Gasteiger partial charge < -0.3 is 0 Å². The number of fused-ring (bicyclic) bond motifs is 6. The zero-order chi connectivity index (χ0) is 19.7. The lowest BCUT2D eigenvalue weighted by Gasteiger charge is -2.60. The van der Waals surface area contributed by atoms with Gasteiger partial charge in [0, 0.05) is 0 Å². The molecule has 0 unspecified atom stereocenters. The summed E-state index contributed by atoms with van der Waals surface area (Å²) in [6.07, 6.45) is 18.7. The van der Waals surface area contributed by atoms with Gasteiger partial charge in [-0.25, -0.2) is 0 Å². The molecule has 5 rings (SSSR count). The Balaban J connectivity index is 1.30. The molecule has 5 saturated carbocycles. The topological polar surface area (TPSA) is 0 Å². The van der Waals surface area contributed by atoms with Crippen LogP contribution in [0.25, 0.3) is 0 Å². The molecule has 0 bridgehead atoms. The van der Waals surface area contributed by atoms with Crippen molar-refractivity contribution in [3.63, 3.8) is 0 Å². The lowest BCUT2D eigenvalue weighted by Crippen LogP contribution is -2.53. The van der Waals surface area contributed by atoms with Crippen LogP contribution in [0.4, 0.5) is 0 Å². The lowest BCUT2D eigenvalue weighted by atomic mass is 9.44. The van der Waals surface area contributed by atoms with Crippen LogP contribution in [0.3, 0.4) is 0 Å². The molecule has 0 saturated heterocycles. The van der Waals surface area contributed by atoms with E-state index in [1.54, 1.807) is 57.8 Å². The van der Waals surface area contributed by atoms with Gasteiger partial charge in [0.15, 0.2) is 0 Å². The van der Waals surface area contributed by atoms with Crippen molar-refractivity contribution in [1.82, 2.24) is 0 Å². The molecule has 0 radical (unpaired) electrons. The summed E-state index contributed by atoms with van der Waals surface area (Å²) >= 11 is 0. The van der Waals surface area contributed by atoms with Crippen LogP contribution in [0.5, 0.6) is 0 Å². The Bertz CT molecular complexity index is 577. The van der Waals surface area contributed by atoms with Crippen LogP contribution in [-0.4, -0.2) is 0 Å². The second kappa shape index (κ2) is 7.02. The Kier molecular flexibility index (Phi) is 5.00. The maximum absolute atomic E-state index is 2.77. The molecule has 0 aromatic rings. The van der Waals surface area contributed by atoms with E-state index in [-0.39, 0.29) is 0 Å². The summed E-state index contributed by atoms with van der Waals surface area (Å²) in [4.78, 5) is 0. The molecular formula is C28H48. The molecule has 5 aliphatic carbocycles. The third-order valence-electron chi connectivity index (χ3n) is 11.6. The summed E-state index contributed by atoms with van der Waals surface area (Å²) in [7, 11) is 0. The highest BCUT2D eigenvalue weighted by atomic mass is 14.7. The summed E-state index contributed by atoms with van der Waals surface area (Å²) < 4.78 is 0. The van der Waals surface area contributed by atoms with Crippen molar-refractivity contribution >= 4 is 0 Å². The van der Waals surface area contributed by atoms with E-state index in [0.717, 1.165) is 58.7 Å². The van der Waals surface area contributed by atoms with Gasteiger partial charge in [-0.1, -0.05) is 53.9 Å². The van der Waals surface area contributed by atoms with Gasteiger partial charge in [0.1, 0.15) is 0 Å². The van der Waals surface area contributed by atoms with Crippen LogP contribution >= 0.6 is 0 Å². The van der Waals surface area contributed by atoms with Gasteiger partial charge in [-0.15, -0.1) is 0 Å². The van der Waals surface area contributed by atoms with Gasteiger partial charge in [-0.3, -0.25) is 0 Å². The van der Waals surface area contributed by atoms with Crippen LogP contribution in [-0.2, 0) is 0 Å². The molecule has 0 aromatic heterocycles. The molecule has 0 aromatic carbocycles. The standard InChI is InChI=1S/C28H48/c1-18(2)7-6-8-19(3)24-11-12-25-23-10-9-22-16-20-15-21(20)17-28(22,5)26(23)13-14-27(24,25)4/h18-26H,6-17H2,1-5H3/t19-,20+,21-,22-,23-,24+,25-,26-,27+,28-/m0/s1. The molecule has 0 amide bonds. The van der Waals surface area contributed by atoms with Gasteiger partial charge in [0.25, 0.3) is 0 Å². The molecule has 5 aliphatic rings. The van der Waals surface area contributed by atoms with Crippen molar-refractivity contribution in [2.24, 2.45) is 64.1 Å². The minimum absolute atomic E-state index is 0.679. The second-order valence-corrected chi connectivity index (χ2v) is 13.4. The van der Waals surface area contributed by atoms with Crippen LogP contribution < -0.4 is 0 Å². The first-order chi connectivity index (χ1) is 13.3. The predicted octanol–water partition coefficient (Wildman–Crippen LogP) is 8.35. The van der Waals surface area contributed by atoms with Crippen LogP contribution in [0, 0.1) is 64.1 Å². The van der Waals surface area contributed by atoms with Crippen LogP contribution in [0.15, 0.2) is 0 Å². The third kappa shape index (κ3) is 3.05. The molecule has 0 nitrogen and oxygen atoms in total. The van der Waals surface area contributed by atoms with E-state index >= 15 is 0 Å². The lowest BCUT2D eigenvalue weighted by molar-refractivity contribution is -0.116. The minimum Gasteiger partial charge on any atom is -0.0628 e. The zero-order valence-electron chi connectivity index (χ0n) is 19.7. The van der Waals surface area contributed by atoms with Crippen molar-refractivity contribution < 1.29 is 0 Å². The molecule has 0 N–H and O–H groups in total. The molecule has 0 aliphatic heterocycles. The first-order valence-electron chi connectivity index (χ1n) is 13.3. The van der Waals surface area contributed by atoms with Crippen molar-refractivity contribution in [3.05, 3.63) is 0 Å². The van der Waals surface area contributed by atoms with Crippen molar-refractivity contribution in [3.8, 4) is 0 Å². The zero-order valence-corrected chi connectivity index (χ0v) is 19.7. The normalized spacial score (nSPS) is 53.1. The molecule has 28 heavy (non-hydrogen) atoms. The maximum Gasteiger partial charge on any atom is -0.0264 e. The molecule has 0 spiro atoms. The fourth-order valence-electron chi connectivity index (χ4n) is 10.0. The van der Waals surface area contributed by atoms with Gasteiger partial charge in [0.05, 0.1) is 0 Å².